The molecule has 3 rings (SSSR count). The van der Waals surface area contributed by atoms with Gasteiger partial charge in [-0.2, -0.15) is 11.3 Å². The zero-order valence-corrected chi connectivity index (χ0v) is 12.5. The van der Waals surface area contributed by atoms with E-state index in [0.29, 0.717) is 0 Å². The molecule has 0 fully saturated rings. The molecular formula is C18H17FS. The van der Waals surface area contributed by atoms with E-state index in [0.717, 1.165) is 23.1 Å². The molecule has 0 spiro atoms. The quantitative estimate of drug-likeness (QED) is 0.600. The molecule has 0 unspecified atom stereocenters. The van der Waals surface area contributed by atoms with Crippen LogP contribution in [0.3, 0.4) is 0 Å². The first-order valence-electron chi connectivity index (χ1n) is 6.76. The number of hydrogen-bond donors (Lipinski definition) is 0. The van der Waals surface area contributed by atoms with Crippen molar-refractivity contribution in [3.05, 3.63) is 64.6 Å². The Labute approximate surface area is 123 Å². The van der Waals surface area contributed by atoms with Gasteiger partial charge in [0, 0.05) is 5.41 Å². The Morgan fingerprint density at radius 1 is 1.10 bits per heavy atom. The molecule has 102 valence electrons. The average molecular weight is 284 g/mol. The summed E-state index contributed by atoms with van der Waals surface area (Å²) in [6, 6.07) is 7.36. The van der Waals surface area contributed by atoms with Gasteiger partial charge in [0.1, 0.15) is 5.82 Å². The van der Waals surface area contributed by atoms with E-state index in [2.05, 4.69) is 43.5 Å². The summed E-state index contributed by atoms with van der Waals surface area (Å²) in [5.74, 6) is -0.169. The standard InChI is InChI=1S/C18H17FS/c1-18(2)6-3-4-13(11-18)15-8-16(10-17(19)9-15)14-5-7-20-12-14/h3,5-12H,4H2,1-2H3. The highest BCUT2D eigenvalue weighted by atomic mass is 32.1. The van der Waals surface area contributed by atoms with Crippen LogP contribution in [0.5, 0.6) is 0 Å². The van der Waals surface area contributed by atoms with Crippen molar-refractivity contribution in [2.24, 2.45) is 5.41 Å². The summed E-state index contributed by atoms with van der Waals surface area (Å²) in [6.07, 6.45) is 7.48. The Hall–Kier alpha value is -1.67. The molecule has 0 nitrogen and oxygen atoms in total. The summed E-state index contributed by atoms with van der Waals surface area (Å²) in [7, 11) is 0. The van der Waals surface area contributed by atoms with E-state index >= 15 is 0 Å². The van der Waals surface area contributed by atoms with Crippen molar-refractivity contribution < 1.29 is 4.39 Å². The predicted octanol–water partition coefficient (Wildman–Crippen LogP) is 5.92. The van der Waals surface area contributed by atoms with Crippen LogP contribution in [0.15, 0.2) is 53.3 Å². The van der Waals surface area contributed by atoms with E-state index in [1.165, 1.54) is 5.57 Å². The minimum absolute atomic E-state index is 0.0441. The average Bonchev–Trinajstić information content (AvgIpc) is 2.90. The van der Waals surface area contributed by atoms with Crippen LogP contribution < -0.4 is 0 Å². The van der Waals surface area contributed by atoms with Crippen molar-refractivity contribution in [2.45, 2.75) is 20.3 Å². The van der Waals surface area contributed by atoms with Crippen LogP contribution in [0.4, 0.5) is 4.39 Å². The second kappa shape index (κ2) is 5.02. The number of benzene rings is 1. The Morgan fingerprint density at radius 2 is 1.90 bits per heavy atom. The van der Waals surface area contributed by atoms with Crippen molar-refractivity contribution in [3.8, 4) is 11.1 Å². The maximum atomic E-state index is 13.9. The van der Waals surface area contributed by atoms with Crippen LogP contribution >= 0.6 is 11.3 Å². The van der Waals surface area contributed by atoms with E-state index in [-0.39, 0.29) is 11.2 Å². The van der Waals surface area contributed by atoms with Crippen LogP contribution in [-0.4, -0.2) is 0 Å². The van der Waals surface area contributed by atoms with Gasteiger partial charge in [-0.3, -0.25) is 0 Å². The van der Waals surface area contributed by atoms with Crippen LogP contribution in [-0.2, 0) is 0 Å². The molecule has 0 radical (unpaired) electrons. The smallest absolute Gasteiger partial charge is 0.124 e. The molecule has 0 N–H and O–H groups in total. The number of allylic oxidation sites excluding steroid dienone is 4. The predicted molar refractivity (Wildman–Crippen MR) is 85.2 cm³/mol. The summed E-state index contributed by atoms with van der Waals surface area (Å²) < 4.78 is 13.9. The molecule has 0 bridgehead atoms. The lowest BCUT2D eigenvalue weighted by molar-refractivity contribution is 0.616. The van der Waals surface area contributed by atoms with Gasteiger partial charge in [-0.25, -0.2) is 4.39 Å². The molecule has 0 aliphatic heterocycles. The minimum atomic E-state index is -0.169. The third-order valence-corrected chi connectivity index (χ3v) is 4.24. The topological polar surface area (TPSA) is 0 Å². The molecule has 1 aromatic heterocycles. The third-order valence-electron chi connectivity index (χ3n) is 3.55. The monoisotopic (exact) mass is 284 g/mol. The summed E-state index contributed by atoms with van der Waals surface area (Å²) >= 11 is 1.63. The molecule has 0 saturated heterocycles. The van der Waals surface area contributed by atoms with Gasteiger partial charge in [-0.1, -0.05) is 32.1 Å². The molecule has 1 aliphatic carbocycles. The second-order valence-corrected chi connectivity index (χ2v) is 6.62. The van der Waals surface area contributed by atoms with Crippen molar-refractivity contribution in [2.75, 3.05) is 0 Å². The van der Waals surface area contributed by atoms with Gasteiger partial charge in [0.05, 0.1) is 0 Å². The number of hydrogen-bond acceptors (Lipinski definition) is 1. The molecule has 0 atom stereocenters. The molecule has 2 aromatic rings. The third kappa shape index (κ3) is 2.75. The molecule has 1 aliphatic rings. The molecule has 2 heteroatoms. The van der Waals surface area contributed by atoms with Gasteiger partial charge in [-0.05, 0) is 63.7 Å². The fraction of sp³-hybridized carbons (Fsp3) is 0.222. The minimum Gasteiger partial charge on any atom is -0.207 e. The fourth-order valence-corrected chi connectivity index (χ4v) is 3.28. The largest absolute Gasteiger partial charge is 0.207 e. The van der Waals surface area contributed by atoms with Crippen molar-refractivity contribution in [1.82, 2.24) is 0 Å². The fourth-order valence-electron chi connectivity index (χ4n) is 2.62. The molecule has 1 heterocycles. The number of halogens is 1. The first-order chi connectivity index (χ1) is 9.53. The Morgan fingerprint density at radius 3 is 2.60 bits per heavy atom. The highest BCUT2D eigenvalue weighted by Crippen LogP contribution is 2.34. The van der Waals surface area contributed by atoms with E-state index < -0.39 is 0 Å². The van der Waals surface area contributed by atoms with Crippen LogP contribution in [0.1, 0.15) is 25.8 Å². The van der Waals surface area contributed by atoms with E-state index in [1.54, 1.807) is 23.5 Å². The Kier molecular flexibility index (Phi) is 3.35. The molecule has 0 amide bonds. The molecular weight excluding hydrogens is 267 g/mol. The van der Waals surface area contributed by atoms with Gasteiger partial charge in [0.15, 0.2) is 0 Å². The summed E-state index contributed by atoms with van der Waals surface area (Å²) in [6.45, 7) is 4.34. The number of rotatable bonds is 2. The highest BCUT2D eigenvalue weighted by molar-refractivity contribution is 7.08. The van der Waals surface area contributed by atoms with E-state index in [1.807, 2.05) is 11.4 Å². The normalized spacial score (nSPS) is 17.1. The van der Waals surface area contributed by atoms with Crippen molar-refractivity contribution >= 4 is 16.9 Å². The molecule has 1 aromatic carbocycles. The maximum Gasteiger partial charge on any atom is 0.124 e. The zero-order chi connectivity index (χ0) is 14.2. The lowest BCUT2D eigenvalue weighted by Gasteiger charge is -2.22. The first kappa shape index (κ1) is 13.3. The van der Waals surface area contributed by atoms with Crippen molar-refractivity contribution in [3.63, 3.8) is 0 Å². The SMILES string of the molecule is CC1(C)C=CCC(c2cc(F)cc(-c3ccsc3)c2)=C1. The molecule has 20 heavy (non-hydrogen) atoms. The van der Waals surface area contributed by atoms with Gasteiger partial charge in [0.25, 0.3) is 0 Å². The van der Waals surface area contributed by atoms with Crippen LogP contribution in [0.25, 0.3) is 16.7 Å². The van der Waals surface area contributed by atoms with Gasteiger partial charge < -0.3 is 0 Å². The number of thiophene rings is 1. The lowest BCUT2D eigenvalue weighted by Crippen LogP contribution is -2.07. The highest BCUT2D eigenvalue weighted by Gasteiger charge is 2.17. The summed E-state index contributed by atoms with van der Waals surface area (Å²) in [5.41, 5.74) is 4.27. The van der Waals surface area contributed by atoms with Crippen LogP contribution in [0.2, 0.25) is 0 Å². The maximum absolute atomic E-state index is 13.9. The summed E-state index contributed by atoms with van der Waals surface area (Å²) in [5, 5.41) is 4.07. The van der Waals surface area contributed by atoms with Gasteiger partial charge in [0.2, 0.25) is 0 Å². The van der Waals surface area contributed by atoms with Crippen LogP contribution in [0, 0.1) is 11.2 Å². The molecule has 0 saturated carbocycles. The van der Waals surface area contributed by atoms with E-state index in [4.69, 9.17) is 0 Å². The van der Waals surface area contributed by atoms with Crippen molar-refractivity contribution in [1.29, 1.82) is 0 Å². The summed E-state index contributed by atoms with van der Waals surface area (Å²) in [4.78, 5) is 0. The zero-order valence-electron chi connectivity index (χ0n) is 11.7. The second-order valence-electron chi connectivity index (χ2n) is 5.84. The Balaban J connectivity index is 2.05. The Bertz CT molecular complexity index is 675. The lowest BCUT2D eigenvalue weighted by atomic mass is 9.83. The van der Waals surface area contributed by atoms with Gasteiger partial charge in [-0.15, -0.1) is 0 Å². The first-order valence-corrected chi connectivity index (χ1v) is 7.71. The van der Waals surface area contributed by atoms with E-state index in [9.17, 15) is 4.39 Å². The van der Waals surface area contributed by atoms with Gasteiger partial charge >= 0.3 is 0 Å².